The van der Waals surface area contributed by atoms with Crippen LogP contribution in [0.25, 0.3) is 0 Å². The zero-order chi connectivity index (χ0) is 53.2. The first kappa shape index (κ1) is 58.6. The number of halogens is 6. The summed E-state index contributed by atoms with van der Waals surface area (Å²) in [6, 6.07) is -1.86. The Morgan fingerprint density at radius 2 is 1.50 bits per heavy atom. The van der Waals surface area contributed by atoms with Gasteiger partial charge in [-0.1, -0.05) is 60.1 Å². The summed E-state index contributed by atoms with van der Waals surface area (Å²) in [4.78, 5) is 114. The van der Waals surface area contributed by atoms with Gasteiger partial charge in [0, 0.05) is 20.0 Å². The molecule has 2 heterocycles. The molecule has 0 bridgehead atoms. The van der Waals surface area contributed by atoms with Gasteiger partial charge in [0.2, 0.25) is 23.6 Å². The van der Waals surface area contributed by atoms with Crippen molar-refractivity contribution in [1.29, 1.82) is 0 Å². The van der Waals surface area contributed by atoms with Gasteiger partial charge in [-0.3, -0.25) is 28.8 Å². The molecule has 70 heavy (non-hydrogen) atoms. The van der Waals surface area contributed by atoms with Crippen LogP contribution in [0.3, 0.4) is 0 Å². The van der Waals surface area contributed by atoms with Crippen molar-refractivity contribution in [3.05, 3.63) is 29.8 Å². The van der Waals surface area contributed by atoms with Gasteiger partial charge in [-0.05, 0) is 68.6 Å². The number of cyclic esters (lactones) is 2. The molecule has 3 rings (SSSR count). The van der Waals surface area contributed by atoms with E-state index in [4.69, 9.17) is 14.2 Å². The molecule has 5 amide bonds. The van der Waals surface area contributed by atoms with Crippen molar-refractivity contribution >= 4 is 47.4 Å². The van der Waals surface area contributed by atoms with Gasteiger partial charge in [0.25, 0.3) is 6.10 Å². The van der Waals surface area contributed by atoms with Crippen molar-refractivity contribution in [2.24, 2.45) is 23.7 Å². The number of likely N-dealkylation sites (N-methyl/N-ethyl adjacent to an activating group) is 1. The van der Waals surface area contributed by atoms with E-state index in [2.05, 4.69) is 15.4 Å². The van der Waals surface area contributed by atoms with Crippen LogP contribution in [0.5, 0.6) is 5.75 Å². The van der Waals surface area contributed by atoms with Crippen molar-refractivity contribution in [3.8, 4) is 5.75 Å². The lowest BCUT2D eigenvalue weighted by Gasteiger charge is -2.35. The Labute approximate surface area is 402 Å². The third-order valence-corrected chi connectivity index (χ3v) is 12.3. The van der Waals surface area contributed by atoms with E-state index < -0.39 is 139 Å². The molecule has 0 aromatic heterocycles. The normalized spacial score (nSPS) is 27.1. The Hall–Kier alpha value is -5.68. The lowest BCUT2D eigenvalue weighted by Crippen LogP contribution is -2.60. The lowest BCUT2D eigenvalue weighted by atomic mass is 9.91. The molecule has 1 aromatic rings. The number of benzene rings is 1. The van der Waals surface area contributed by atoms with Gasteiger partial charge in [0.05, 0.1) is 31.6 Å². The number of aliphatic hydroxyl groups excluding tert-OH is 1. The van der Waals surface area contributed by atoms with Crippen LogP contribution < -0.4 is 20.7 Å². The van der Waals surface area contributed by atoms with Crippen molar-refractivity contribution in [3.63, 3.8) is 0 Å². The van der Waals surface area contributed by atoms with Gasteiger partial charge < -0.3 is 49.8 Å². The fraction of sp³-hybridized carbons (Fsp3) is 0.696. The van der Waals surface area contributed by atoms with Crippen molar-refractivity contribution in [1.82, 2.24) is 25.8 Å². The highest BCUT2D eigenvalue weighted by Crippen LogP contribution is 2.36. The molecule has 0 spiro atoms. The number of nitrogens with one attached hydrogen (secondary N) is 3. The van der Waals surface area contributed by atoms with Gasteiger partial charge >= 0.3 is 30.4 Å². The van der Waals surface area contributed by atoms with E-state index in [0.717, 1.165) is 11.8 Å². The number of Topliss-reactive ketones (excluding diaryl/α,β-unsaturated/α-hetero) is 1. The molecule has 0 radical (unpaired) electrons. The monoisotopic (exact) mass is 1010 g/mol. The summed E-state index contributed by atoms with van der Waals surface area (Å²) >= 11 is 0. The molecular formula is C46H65F6N5O13. The average molecular weight is 1010 g/mol. The van der Waals surface area contributed by atoms with E-state index >= 15 is 0 Å². The minimum Gasteiger partial charge on any atom is -0.497 e. The number of carbonyl (C=O) groups excluding carboxylic acids is 8. The van der Waals surface area contributed by atoms with Gasteiger partial charge in [0.1, 0.15) is 36.0 Å². The number of ether oxygens (including phenoxy) is 4. The molecule has 4 N–H and O–H groups in total. The summed E-state index contributed by atoms with van der Waals surface area (Å²) in [7, 11) is 2.61. The summed E-state index contributed by atoms with van der Waals surface area (Å²) in [5.74, 6) is -10.0. The first-order chi connectivity index (χ1) is 32.4. The number of ketones is 1. The van der Waals surface area contributed by atoms with Crippen LogP contribution in [-0.4, -0.2) is 150 Å². The van der Waals surface area contributed by atoms with Gasteiger partial charge in [-0.2, -0.15) is 26.3 Å². The fourth-order valence-electron chi connectivity index (χ4n) is 8.05. The van der Waals surface area contributed by atoms with Crippen molar-refractivity contribution in [2.75, 3.05) is 20.7 Å². The first-order valence-corrected chi connectivity index (χ1v) is 23.0. The second-order valence-corrected chi connectivity index (χ2v) is 18.5. The number of hydrogen-bond acceptors (Lipinski definition) is 13. The molecule has 2 aliphatic rings. The first-order valence-electron chi connectivity index (χ1n) is 23.0. The number of carbonyl (C=O) groups is 8. The number of aliphatic hydroxyl groups is 1. The Morgan fingerprint density at radius 1 is 0.900 bits per heavy atom. The highest BCUT2D eigenvalue weighted by Gasteiger charge is 2.60. The number of amides is 5. The van der Waals surface area contributed by atoms with Crippen LogP contribution in [0.1, 0.15) is 93.1 Å². The predicted octanol–water partition coefficient (Wildman–Crippen LogP) is 4.17. The highest BCUT2D eigenvalue weighted by molar-refractivity contribution is 6.05. The van der Waals surface area contributed by atoms with Crippen molar-refractivity contribution < 1.29 is 88.8 Å². The molecule has 24 heteroatoms. The second-order valence-electron chi connectivity index (χ2n) is 18.5. The van der Waals surface area contributed by atoms with Crippen LogP contribution in [-0.2, 0) is 54.2 Å². The fourth-order valence-corrected chi connectivity index (χ4v) is 8.05. The third kappa shape index (κ3) is 15.7. The molecule has 0 unspecified atom stereocenters. The molecule has 1 aromatic carbocycles. The number of hydrogen-bond donors (Lipinski definition) is 4. The quantitative estimate of drug-likeness (QED) is 0.112. The number of alkyl carbamates (subject to hydrolysis) is 1. The van der Waals surface area contributed by atoms with E-state index in [1.807, 2.05) is 0 Å². The van der Waals surface area contributed by atoms with Crippen LogP contribution in [0.2, 0.25) is 0 Å². The standard InChI is InChI=1S/C46H65F6N5O13/c1-11-24(6)34-32(58)21-33(59)69-37(23(4)5)36(60)25(7)38(61)53-29(19-22(2)3)40(63)57-18-12-13-30(57)41(64)56(9)31(20-27-14-16-28(67-10)17-15-27)42(65)68-26(8)35(39(62)54-34)55-44(66)70-43(45(47,48)49)46(50,51)52/h14-17,22-26,29-32,34-35,37,43,58H,11-13,18-21H2,1-10H3,(H,53,61)(H,54,62)(H,55,66)/t24-,25-,26+,29-,30-,31-,32-,34+,35-,37-/m0/s1. The zero-order valence-corrected chi connectivity index (χ0v) is 40.8. The Morgan fingerprint density at radius 3 is 2.03 bits per heavy atom. The van der Waals surface area contributed by atoms with Crippen LogP contribution in [0.4, 0.5) is 31.1 Å². The van der Waals surface area contributed by atoms with Crippen LogP contribution >= 0.6 is 0 Å². The van der Waals surface area contributed by atoms with Gasteiger partial charge in [0.15, 0.2) is 11.9 Å². The summed E-state index contributed by atoms with van der Waals surface area (Å²) in [5, 5.41) is 18.0. The highest BCUT2D eigenvalue weighted by atomic mass is 19.4. The molecule has 18 nitrogen and oxygen atoms in total. The number of methoxy groups -OCH3 is 1. The lowest BCUT2D eigenvalue weighted by molar-refractivity contribution is -0.307. The van der Waals surface area contributed by atoms with Crippen LogP contribution in [0, 0.1) is 23.7 Å². The maximum atomic E-state index is 14.6. The predicted molar refractivity (Wildman–Crippen MR) is 235 cm³/mol. The summed E-state index contributed by atoms with van der Waals surface area (Å²) < 4.78 is 101. The third-order valence-electron chi connectivity index (χ3n) is 12.3. The molecular weight excluding hydrogens is 945 g/mol. The molecule has 2 saturated heterocycles. The summed E-state index contributed by atoms with van der Waals surface area (Å²) in [6.07, 6.45) is -25.5. The molecule has 394 valence electrons. The van der Waals surface area contributed by atoms with E-state index in [1.165, 1.54) is 58.9 Å². The molecule has 0 saturated carbocycles. The Balaban J connectivity index is 2.25. The van der Waals surface area contributed by atoms with Gasteiger partial charge in [-0.15, -0.1) is 0 Å². The topological polar surface area (TPSA) is 236 Å². The van der Waals surface area contributed by atoms with Gasteiger partial charge in [-0.25, -0.2) is 9.59 Å². The maximum absolute atomic E-state index is 14.6. The molecule has 10 atom stereocenters. The second kappa shape index (κ2) is 24.9. The Kier molecular flexibility index (Phi) is 20.9. The largest absolute Gasteiger partial charge is 0.497 e. The number of rotatable bonds is 10. The van der Waals surface area contributed by atoms with E-state index in [9.17, 15) is 69.8 Å². The Bertz CT molecular complexity index is 2010. The molecule has 2 aliphatic heterocycles. The number of esters is 2. The van der Waals surface area contributed by atoms with E-state index in [1.54, 1.807) is 38.2 Å². The SMILES string of the molecule is CC[C@H](C)[C@H]1NC(=O)[C@@H](NC(=O)OC(C(F)(F)F)C(F)(F)F)[C@@H](C)OC(=O)[C@H](Cc2ccc(OC)cc2)N(C)C(=O)[C@@H]2CCCN2C(=O)[C@H](CC(C)C)NC(=O)[C@@H](C)C(=O)[C@H](C(C)C)OC(=O)C[C@@H]1O. The summed E-state index contributed by atoms with van der Waals surface area (Å²) in [6.45, 7) is 11.9. The maximum Gasteiger partial charge on any atom is 0.434 e. The summed E-state index contributed by atoms with van der Waals surface area (Å²) in [5.41, 5.74) is 0.403. The zero-order valence-electron chi connectivity index (χ0n) is 40.8. The smallest absolute Gasteiger partial charge is 0.434 e. The molecule has 2 fully saturated rings. The van der Waals surface area contributed by atoms with E-state index in [0.29, 0.717) is 17.7 Å². The number of fused-ring (bicyclic) bond motifs is 1. The minimum atomic E-state index is -6.17. The number of alkyl halides is 6. The van der Waals surface area contributed by atoms with Crippen LogP contribution in [0.15, 0.2) is 24.3 Å². The van der Waals surface area contributed by atoms with E-state index in [-0.39, 0.29) is 38.1 Å². The van der Waals surface area contributed by atoms with Crippen molar-refractivity contribution in [2.45, 2.75) is 161 Å². The molecule has 0 aliphatic carbocycles. The average Bonchev–Trinajstić information content (AvgIpc) is 3.77. The minimum absolute atomic E-state index is 0.0314. The number of nitrogens with zero attached hydrogens (tertiary/aromatic N) is 2.